The molecule has 14 heavy (non-hydrogen) atoms. The third-order valence-corrected chi connectivity index (χ3v) is 4.13. The molecule has 0 bridgehead atoms. The van der Waals surface area contributed by atoms with Crippen molar-refractivity contribution in [1.29, 1.82) is 0 Å². The maximum absolute atomic E-state index is 5.56. The van der Waals surface area contributed by atoms with Gasteiger partial charge in [0.05, 0.1) is 10.3 Å². The van der Waals surface area contributed by atoms with E-state index in [0.29, 0.717) is 0 Å². The van der Waals surface area contributed by atoms with Crippen molar-refractivity contribution >= 4 is 42.8 Å². The fourth-order valence-corrected chi connectivity index (χ4v) is 3.43. The first-order valence-corrected chi connectivity index (χ1v) is 6.00. The van der Waals surface area contributed by atoms with E-state index in [9.17, 15) is 0 Å². The standard InChI is InChI=1S/C12H6S2/c1-2-9-10-4-6-13-11(10)7-8-3-5-14-12(8)9/h1,3-7H. The zero-order valence-electron chi connectivity index (χ0n) is 7.28. The lowest BCUT2D eigenvalue weighted by Crippen LogP contribution is -1.75. The van der Waals surface area contributed by atoms with Crippen molar-refractivity contribution in [2.45, 2.75) is 0 Å². The van der Waals surface area contributed by atoms with Crippen molar-refractivity contribution in [2.75, 3.05) is 0 Å². The summed E-state index contributed by atoms with van der Waals surface area (Å²) in [4.78, 5) is 0. The number of terminal acetylenes is 1. The third kappa shape index (κ3) is 0.942. The van der Waals surface area contributed by atoms with Crippen molar-refractivity contribution in [3.63, 3.8) is 0 Å². The average Bonchev–Trinajstić information content (AvgIpc) is 2.80. The minimum absolute atomic E-state index is 1.05. The maximum Gasteiger partial charge on any atom is 0.0507 e. The first kappa shape index (κ1) is 8.05. The van der Waals surface area contributed by atoms with Gasteiger partial charge in [0, 0.05) is 10.1 Å². The van der Waals surface area contributed by atoms with Crippen LogP contribution in [0.5, 0.6) is 0 Å². The van der Waals surface area contributed by atoms with Crippen molar-refractivity contribution in [2.24, 2.45) is 0 Å². The molecule has 0 N–H and O–H groups in total. The molecule has 2 heterocycles. The lowest BCUT2D eigenvalue weighted by atomic mass is 10.1. The third-order valence-electron chi connectivity index (χ3n) is 2.32. The topological polar surface area (TPSA) is 0 Å². The molecule has 66 valence electrons. The summed E-state index contributed by atoms with van der Waals surface area (Å²) >= 11 is 3.46. The summed E-state index contributed by atoms with van der Waals surface area (Å²) in [5.41, 5.74) is 1.05. The molecule has 2 heteroatoms. The van der Waals surface area contributed by atoms with E-state index in [1.165, 1.54) is 20.2 Å². The first-order chi connectivity index (χ1) is 6.90. The fourth-order valence-electron chi connectivity index (χ4n) is 1.68. The normalized spacial score (nSPS) is 10.8. The second kappa shape index (κ2) is 2.84. The van der Waals surface area contributed by atoms with E-state index >= 15 is 0 Å². The minimum atomic E-state index is 1.05. The van der Waals surface area contributed by atoms with E-state index in [1.54, 1.807) is 22.7 Å². The summed E-state index contributed by atoms with van der Waals surface area (Å²) in [6, 6.07) is 6.45. The first-order valence-electron chi connectivity index (χ1n) is 4.24. The zero-order chi connectivity index (χ0) is 9.54. The van der Waals surface area contributed by atoms with Crippen molar-refractivity contribution in [3.8, 4) is 12.3 Å². The summed E-state index contributed by atoms with van der Waals surface area (Å²) in [5.74, 6) is 2.80. The van der Waals surface area contributed by atoms with Crippen LogP contribution < -0.4 is 0 Å². The van der Waals surface area contributed by atoms with Crippen LogP contribution in [0.4, 0.5) is 0 Å². The monoisotopic (exact) mass is 214 g/mol. The molecule has 0 saturated heterocycles. The summed E-state index contributed by atoms with van der Waals surface area (Å²) in [5, 5.41) is 6.66. The molecule has 0 saturated carbocycles. The van der Waals surface area contributed by atoms with Crippen LogP contribution in [0, 0.1) is 12.3 Å². The molecule has 0 aliphatic heterocycles. The Hall–Kier alpha value is -1.30. The molecule has 3 aromatic rings. The maximum atomic E-state index is 5.56. The smallest absolute Gasteiger partial charge is 0.0507 e. The Morgan fingerprint density at radius 3 is 2.86 bits per heavy atom. The molecular weight excluding hydrogens is 208 g/mol. The van der Waals surface area contributed by atoms with E-state index in [4.69, 9.17) is 6.42 Å². The van der Waals surface area contributed by atoms with Gasteiger partial charge in [0.1, 0.15) is 0 Å². The lowest BCUT2D eigenvalue weighted by Gasteiger charge is -1.97. The largest absolute Gasteiger partial charge is 0.144 e. The Balaban J connectivity index is 2.68. The quantitative estimate of drug-likeness (QED) is 0.494. The second-order valence-electron chi connectivity index (χ2n) is 3.07. The van der Waals surface area contributed by atoms with E-state index in [1.807, 2.05) is 0 Å². The van der Waals surface area contributed by atoms with Gasteiger partial charge in [-0.25, -0.2) is 0 Å². The Labute approximate surface area is 89.8 Å². The molecule has 0 nitrogen and oxygen atoms in total. The number of hydrogen-bond acceptors (Lipinski definition) is 2. The fraction of sp³-hybridized carbons (Fsp3) is 0. The Morgan fingerprint density at radius 2 is 2.00 bits per heavy atom. The van der Waals surface area contributed by atoms with Gasteiger partial charge >= 0.3 is 0 Å². The summed E-state index contributed by atoms with van der Waals surface area (Å²) in [6.45, 7) is 0. The molecule has 0 atom stereocenters. The molecule has 1 aromatic carbocycles. The molecular formula is C12H6S2. The highest BCUT2D eigenvalue weighted by atomic mass is 32.1. The van der Waals surface area contributed by atoms with Crippen LogP contribution in [-0.2, 0) is 0 Å². The summed E-state index contributed by atoms with van der Waals surface area (Å²) in [7, 11) is 0. The second-order valence-corrected chi connectivity index (χ2v) is 4.93. The minimum Gasteiger partial charge on any atom is -0.144 e. The molecule has 3 rings (SSSR count). The molecule has 0 aliphatic carbocycles. The van der Waals surface area contributed by atoms with Crippen molar-refractivity contribution < 1.29 is 0 Å². The van der Waals surface area contributed by atoms with Gasteiger partial charge in [0.2, 0.25) is 0 Å². The summed E-state index contributed by atoms with van der Waals surface area (Å²) < 4.78 is 2.52. The Bertz CT molecular complexity index is 601. The van der Waals surface area contributed by atoms with Crippen LogP contribution in [0.25, 0.3) is 20.2 Å². The van der Waals surface area contributed by atoms with Gasteiger partial charge in [-0.15, -0.1) is 29.1 Å². The average molecular weight is 214 g/mol. The van der Waals surface area contributed by atoms with Crippen LogP contribution in [0.2, 0.25) is 0 Å². The van der Waals surface area contributed by atoms with E-state index in [2.05, 4.69) is 34.9 Å². The Kier molecular flexibility index (Phi) is 1.63. The van der Waals surface area contributed by atoms with Crippen LogP contribution in [-0.4, -0.2) is 0 Å². The van der Waals surface area contributed by atoms with Gasteiger partial charge in [0.25, 0.3) is 0 Å². The zero-order valence-corrected chi connectivity index (χ0v) is 8.91. The number of benzene rings is 1. The highest BCUT2D eigenvalue weighted by Crippen LogP contribution is 2.33. The number of rotatable bonds is 0. The highest BCUT2D eigenvalue weighted by Gasteiger charge is 2.07. The van der Waals surface area contributed by atoms with Crippen LogP contribution in [0.1, 0.15) is 5.56 Å². The van der Waals surface area contributed by atoms with Gasteiger partial charge in [-0.3, -0.25) is 0 Å². The van der Waals surface area contributed by atoms with E-state index < -0.39 is 0 Å². The number of thiophene rings is 2. The molecule has 0 unspecified atom stereocenters. The molecule has 0 fully saturated rings. The van der Waals surface area contributed by atoms with Gasteiger partial charge in [-0.2, -0.15) is 0 Å². The van der Waals surface area contributed by atoms with Crippen molar-refractivity contribution in [3.05, 3.63) is 34.5 Å². The predicted octanol–water partition coefficient (Wildman–Crippen LogP) is 4.10. The highest BCUT2D eigenvalue weighted by molar-refractivity contribution is 7.19. The van der Waals surface area contributed by atoms with Crippen LogP contribution in [0.15, 0.2) is 29.0 Å². The molecule has 0 aliphatic rings. The molecule has 0 amide bonds. The lowest BCUT2D eigenvalue weighted by molar-refractivity contribution is 1.95. The molecule has 0 radical (unpaired) electrons. The van der Waals surface area contributed by atoms with Crippen LogP contribution in [0.3, 0.4) is 0 Å². The van der Waals surface area contributed by atoms with Gasteiger partial charge in [-0.1, -0.05) is 5.92 Å². The summed E-state index contributed by atoms with van der Waals surface area (Å²) in [6.07, 6.45) is 5.56. The Morgan fingerprint density at radius 1 is 1.14 bits per heavy atom. The van der Waals surface area contributed by atoms with Gasteiger partial charge in [-0.05, 0) is 34.3 Å². The SMILES string of the molecule is C#Cc1c2ccsc2cc2ccsc12. The number of fused-ring (bicyclic) bond motifs is 2. The van der Waals surface area contributed by atoms with Gasteiger partial charge in [0.15, 0.2) is 0 Å². The van der Waals surface area contributed by atoms with E-state index in [0.717, 1.165) is 5.56 Å². The van der Waals surface area contributed by atoms with Crippen LogP contribution >= 0.6 is 22.7 Å². The van der Waals surface area contributed by atoms with Crippen molar-refractivity contribution in [1.82, 2.24) is 0 Å². The number of hydrogen-bond donors (Lipinski definition) is 0. The van der Waals surface area contributed by atoms with E-state index in [-0.39, 0.29) is 0 Å². The molecule has 2 aromatic heterocycles. The predicted molar refractivity (Wildman–Crippen MR) is 65.1 cm³/mol. The van der Waals surface area contributed by atoms with Gasteiger partial charge < -0.3 is 0 Å². The molecule has 0 spiro atoms.